The number of likely N-dealkylation sites (N-methyl/N-ethyl adjacent to an activating group) is 1. The van der Waals surface area contributed by atoms with Gasteiger partial charge in [-0.3, -0.25) is 0 Å². The molecular formula is C17H29NO. The van der Waals surface area contributed by atoms with Crippen molar-refractivity contribution in [1.82, 2.24) is 5.32 Å². The first-order chi connectivity index (χ1) is 9.08. The van der Waals surface area contributed by atoms with Gasteiger partial charge in [0.2, 0.25) is 0 Å². The fourth-order valence-corrected chi connectivity index (χ4v) is 2.39. The van der Waals surface area contributed by atoms with Crippen LogP contribution in [0.15, 0.2) is 18.2 Å². The van der Waals surface area contributed by atoms with Crippen molar-refractivity contribution in [1.29, 1.82) is 0 Å². The van der Waals surface area contributed by atoms with Crippen molar-refractivity contribution in [2.75, 3.05) is 13.2 Å². The van der Waals surface area contributed by atoms with Crippen LogP contribution in [-0.2, 0) is 4.74 Å². The van der Waals surface area contributed by atoms with Gasteiger partial charge in [0.25, 0.3) is 0 Å². The number of rotatable bonds is 8. The van der Waals surface area contributed by atoms with Crippen LogP contribution in [0, 0.1) is 13.8 Å². The van der Waals surface area contributed by atoms with Crippen molar-refractivity contribution in [2.45, 2.75) is 59.6 Å². The summed E-state index contributed by atoms with van der Waals surface area (Å²) in [5.41, 5.74) is 4.01. The summed E-state index contributed by atoms with van der Waals surface area (Å²) < 4.78 is 5.98. The van der Waals surface area contributed by atoms with E-state index in [4.69, 9.17) is 4.74 Å². The van der Waals surface area contributed by atoms with Gasteiger partial charge in [-0.2, -0.15) is 0 Å². The lowest BCUT2D eigenvalue weighted by Crippen LogP contribution is -2.27. The second kappa shape index (κ2) is 8.34. The monoisotopic (exact) mass is 263 g/mol. The van der Waals surface area contributed by atoms with E-state index >= 15 is 0 Å². The van der Waals surface area contributed by atoms with Gasteiger partial charge in [-0.25, -0.2) is 0 Å². The quantitative estimate of drug-likeness (QED) is 0.760. The molecule has 0 saturated heterocycles. The Morgan fingerprint density at radius 3 is 2.58 bits per heavy atom. The molecule has 0 spiro atoms. The van der Waals surface area contributed by atoms with E-state index in [9.17, 15) is 0 Å². The second-order valence-corrected chi connectivity index (χ2v) is 5.40. The highest BCUT2D eigenvalue weighted by Crippen LogP contribution is 2.20. The lowest BCUT2D eigenvalue weighted by molar-refractivity contribution is 0.0441. The van der Waals surface area contributed by atoms with Crippen molar-refractivity contribution in [3.8, 4) is 0 Å². The first kappa shape index (κ1) is 16.2. The minimum absolute atomic E-state index is 0.296. The lowest BCUT2D eigenvalue weighted by atomic mass is 9.99. The molecule has 2 nitrogen and oxygen atoms in total. The zero-order valence-electron chi connectivity index (χ0n) is 13.1. The van der Waals surface area contributed by atoms with E-state index < -0.39 is 0 Å². The molecule has 2 heteroatoms. The van der Waals surface area contributed by atoms with Crippen LogP contribution in [-0.4, -0.2) is 19.3 Å². The minimum atomic E-state index is 0.296. The maximum atomic E-state index is 5.98. The van der Waals surface area contributed by atoms with Crippen LogP contribution in [0.5, 0.6) is 0 Å². The highest BCUT2D eigenvalue weighted by molar-refractivity contribution is 5.33. The van der Waals surface area contributed by atoms with Gasteiger partial charge in [-0.15, -0.1) is 0 Å². The Labute approximate surface area is 118 Å². The number of benzene rings is 1. The molecule has 0 aliphatic carbocycles. The number of aryl methyl sites for hydroxylation is 2. The molecule has 1 N–H and O–H groups in total. The molecule has 1 aromatic carbocycles. The molecule has 0 bridgehead atoms. The fourth-order valence-electron chi connectivity index (χ4n) is 2.39. The van der Waals surface area contributed by atoms with Crippen molar-refractivity contribution in [3.63, 3.8) is 0 Å². The van der Waals surface area contributed by atoms with E-state index in [1.165, 1.54) is 23.1 Å². The molecule has 2 unspecified atom stereocenters. The van der Waals surface area contributed by atoms with Crippen LogP contribution in [0.4, 0.5) is 0 Å². The number of hydrogen-bond donors (Lipinski definition) is 1. The summed E-state index contributed by atoms with van der Waals surface area (Å²) in [7, 11) is 0. The Balaban J connectivity index is 2.73. The third kappa shape index (κ3) is 5.33. The molecule has 0 aliphatic rings. The van der Waals surface area contributed by atoms with E-state index in [0.29, 0.717) is 12.1 Å². The van der Waals surface area contributed by atoms with Gasteiger partial charge in [0.05, 0.1) is 18.8 Å². The molecule has 0 amide bonds. The molecule has 0 heterocycles. The van der Waals surface area contributed by atoms with E-state index in [-0.39, 0.29) is 0 Å². The Morgan fingerprint density at radius 1 is 1.21 bits per heavy atom. The van der Waals surface area contributed by atoms with Crippen molar-refractivity contribution in [3.05, 3.63) is 34.9 Å². The zero-order valence-corrected chi connectivity index (χ0v) is 13.1. The Hall–Kier alpha value is -0.860. The van der Waals surface area contributed by atoms with Crippen LogP contribution < -0.4 is 5.32 Å². The van der Waals surface area contributed by atoms with Gasteiger partial charge in [0.15, 0.2) is 0 Å². The lowest BCUT2D eigenvalue weighted by Gasteiger charge is -2.23. The highest BCUT2D eigenvalue weighted by Gasteiger charge is 2.14. The second-order valence-electron chi connectivity index (χ2n) is 5.40. The SMILES string of the molecule is CCCC(C)OCC(NCC)c1cc(C)ccc1C. The molecule has 0 radical (unpaired) electrons. The summed E-state index contributed by atoms with van der Waals surface area (Å²) >= 11 is 0. The first-order valence-electron chi connectivity index (χ1n) is 7.50. The molecule has 108 valence electrons. The van der Waals surface area contributed by atoms with Crippen LogP contribution in [0.1, 0.15) is 56.3 Å². The molecule has 19 heavy (non-hydrogen) atoms. The van der Waals surface area contributed by atoms with Crippen molar-refractivity contribution >= 4 is 0 Å². The Kier molecular flexibility index (Phi) is 7.11. The van der Waals surface area contributed by atoms with Crippen LogP contribution >= 0.6 is 0 Å². The fraction of sp³-hybridized carbons (Fsp3) is 0.647. The minimum Gasteiger partial charge on any atom is -0.377 e. The maximum absolute atomic E-state index is 5.98. The Bertz CT molecular complexity index is 376. The predicted molar refractivity (Wildman–Crippen MR) is 82.7 cm³/mol. The third-order valence-electron chi connectivity index (χ3n) is 3.50. The van der Waals surface area contributed by atoms with Gasteiger partial charge in [-0.1, -0.05) is 44.0 Å². The van der Waals surface area contributed by atoms with Gasteiger partial charge in [0, 0.05) is 0 Å². The Morgan fingerprint density at radius 2 is 1.95 bits per heavy atom. The van der Waals surface area contributed by atoms with Crippen LogP contribution in [0.25, 0.3) is 0 Å². The van der Waals surface area contributed by atoms with E-state index in [1.54, 1.807) is 0 Å². The summed E-state index contributed by atoms with van der Waals surface area (Å²) in [6.07, 6.45) is 2.65. The molecule has 0 aromatic heterocycles. The van der Waals surface area contributed by atoms with Crippen molar-refractivity contribution < 1.29 is 4.74 Å². The zero-order chi connectivity index (χ0) is 14.3. The molecule has 1 rings (SSSR count). The number of hydrogen-bond acceptors (Lipinski definition) is 2. The first-order valence-corrected chi connectivity index (χ1v) is 7.50. The van der Waals surface area contributed by atoms with Gasteiger partial charge in [0.1, 0.15) is 0 Å². The normalized spacial score (nSPS) is 14.4. The summed E-state index contributed by atoms with van der Waals surface area (Å²) in [4.78, 5) is 0. The van der Waals surface area contributed by atoms with Crippen LogP contribution in [0.2, 0.25) is 0 Å². The summed E-state index contributed by atoms with van der Waals surface area (Å²) in [5, 5.41) is 3.54. The molecule has 0 saturated carbocycles. The van der Waals surface area contributed by atoms with Gasteiger partial charge >= 0.3 is 0 Å². The summed E-state index contributed by atoms with van der Waals surface area (Å²) in [6.45, 7) is 12.5. The van der Waals surface area contributed by atoms with Crippen LogP contribution in [0.3, 0.4) is 0 Å². The third-order valence-corrected chi connectivity index (χ3v) is 3.50. The number of ether oxygens (including phenoxy) is 1. The van der Waals surface area contributed by atoms with E-state index in [1.807, 2.05) is 0 Å². The highest BCUT2D eigenvalue weighted by atomic mass is 16.5. The van der Waals surface area contributed by atoms with E-state index in [2.05, 4.69) is 58.1 Å². The maximum Gasteiger partial charge on any atom is 0.0665 e. The van der Waals surface area contributed by atoms with Crippen molar-refractivity contribution in [2.24, 2.45) is 0 Å². The standard InChI is InChI=1S/C17H29NO/c1-6-8-15(5)19-12-17(18-7-2)16-11-13(3)9-10-14(16)4/h9-11,15,17-18H,6-8,12H2,1-5H3. The molecule has 0 aliphatic heterocycles. The average Bonchev–Trinajstić information content (AvgIpc) is 2.38. The molecular weight excluding hydrogens is 234 g/mol. The molecule has 1 aromatic rings. The summed E-state index contributed by atoms with van der Waals surface area (Å²) in [6, 6.07) is 6.94. The van der Waals surface area contributed by atoms with E-state index in [0.717, 1.165) is 19.6 Å². The topological polar surface area (TPSA) is 21.3 Å². The number of nitrogens with one attached hydrogen (secondary N) is 1. The van der Waals surface area contributed by atoms with Gasteiger partial charge in [-0.05, 0) is 44.9 Å². The predicted octanol–water partition coefficient (Wildman–Crippen LogP) is 4.16. The summed E-state index contributed by atoms with van der Waals surface area (Å²) in [5.74, 6) is 0. The average molecular weight is 263 g/mol. The van der Waals surface area contributed by atoms with Gasteiger partial charge < -0.3 is 10.1 Å². The largest absolute Gasteiger partial charge is 0.377 e. The molecule has 2 atom stereocenters. The molecule has 0 fully saturated rings. The smallest absolute Gasteiger partial charge is 0.0665 e.